The maximum Gasteiger partial charge on any atom is 0.331 e. The van der Waals surface area contributed by atoms with Crippen LogP contribution in [-0.2, 0) is 9.59 Å². The summed E-state index contributed by atoms with van der Waals surface area (Å²) in [5, 5.41) is 11.0. The zero-order chi connectivity index (χ0) is 13.8. The van der Waals surface area contributed by atoms with Gasteiger partial charge in [0.1, 0.15) is 0 Å². The number of pyridine rings is 1. The van der Waals surface area contributed by atoms with Crippen LogP contribution in [0.25, 0.3) is 10.8 Å². The summed E-state index contributed by atoms with van der Waals surface area (Å²) in [6, 6.07) is 6.38. The van der Waals surface area contributed by atoms with E-state index in [0.717, 1.165) is 10.8 Å². The van der Waals surface area contributed by atoms with E-state index in [9.17, 15) is 14.7 Å². The van der Waals surface area contributed by atoms with Crippen molar-refractivity contribution in [2.75, 3.05) is 6.54 Å². The molecule has 1 heterocycles. The first-order valence-corrected chi connectivity index (χ1v) is 5.95. The first-order valence-electron chi connectivity index (χ1n) is 5.95. The van der Waals surface area contributed by atoms with Crippen LogP contribution in [0.1, 0.15) is 18.5 Å². The molecule has 0 spiro atoms. The van der Waals surface area contributed by atoms with Gasteiger partial charge in [0.2, 0.25) is 6.41 Å². The third-order valence-electron chi connectivity index (χ3n) is 3.06. The summed E-state index contributed by atoms with van der Waals surface area (Å²) in [6.45, 7) is 2.06. The SMILES string of the molecule is CCN(C=O)C(C(=O)O)c1cncc2ccccc12. The Balaban J connectivity index is 2.62. The number of carboxylic acids is 1. The normalized spacial score (nSPS) is 12.1. The van der Waals surface area contributed by atoms with Crippen molar-refractivity contribution in [3.05, 3.63) is 42.2 Å². The molecule has 1 unspecified atom stereocenters. The molecule has 0 radical (unpaired) electrons. The van der Waals surface area contributed by atoms with E-state index in [0.29, 0.717) is 18.5 Å². The second-order valence-corrected chi connectivity index (χ2v) is 4.13. The Bertz CT molecular complexity index is 607. The number of aromatic nitrogens is 1. The van der Waals surface area contributed by atoms with Crippen molar-refractivity contribution < 1.29 is 14.7 Å². The van der Waals surface area contributed by atoms with Gasteiger partial charge in [0.25, 0.3) is 0 Å². The van der Waals surface area contributed by atoms with Crippen molar-refractivity contribution in [1.82, 2.24) is 9.88 Å². The topological polar surface area (TPSA) is 70.5 Å². The van der Waals surface area contributed by atoms with Gasteiger partial charge in [-0.2, -0.15) is 0 Å². The molecule has 1 aromatic heterocycles. The predicted molar refractivity (Wildman–Crippen MR) is 70.6 cm³/mol. The van der Waals surface area contributed by atoms with Crippen LogP contribution in [0.15, 0.2) is 36.7 Å². The van der Waals surface area contributed by atoms with Gasteiger partial charge < -0.3 is 10.0 Å². The Kier molecular flexibility index (Phi) is 3.75. The Morgan fingerprint density at radius 3 is 2.79 bits per heavy atom. The fourth-order valence-corrected chi connectivity index (χ4v) is 2.13. The fraction of sp³-hybridized carbons (Fsp3) is 0.214. The molecule has 1 amide bonds. The number of carbonyl (C=O) groups excluding carboxylic acids is 1. The maximum atomic E-state index is 11.5. The van der Waals surface area contributed by atoms with E-state index < -0.39 is 12.0 Å². The lowest BCUT2D eigenvalue weighted by Crippen LogP contribution is -2.33. The molecule has 5 heteroatoms. The quantitative estimate of drug-likeness (QED) is 0.831. The molecule has 19 heavy (non-hydrogen) atoms. The Morgan fingerprint density at radius 2 is 2.16 bits per heavy atom. The first kappa shape index (κ1) is 13.0. The minimum Gasteiger partial charge on any atom is -0.479 e. The number of aliphatic carboxylic acids is 1. The molecule has 0 aliphatic carbocycles. The van der Waals surface area contributed by atoms with E-state index >= 15 is 0 Å². The molecular weight excluding hydrogens is 244 g/mol. The van der Waals surface area contributed by atoms with Crippen LogP contribution in [0.5, 0.6) is 0 Å². The molecule has 0 bridgehead atoms. The van der Waals surface area contributed by atoms with Crippen molar-refractivity contribution in [3.63, 3.8) is 0 Å². The number of nitrogens with zero attached hydrogens (tertiary/aromatic N) is 2. The highest BCUT2D eigenvalue weighted by atomic mass is 16.4. The monoisotopic (exact) mass is 258 g/mol. The van der Waals surface area contributed by atoms with E-state index in [2.05, 4.69) is 4.98 Å². The number of hydrogen-bond donors (Lipinski definition) is 1. The minimum atomic E-state index is -1.06. The molecule has 5 nitrogen and oxygen atoms in total. The van der Waals surface area contributed by atoms with E-state index in [-0.39, 0.29) is 0 Å². The van der Waals surface area contributed by atoms with Crippen LogP contribution in [-0.4, -0.2) is 33.9 Å². The van der Waals surface area contributed by atoms with Gasteiger partial charge in [-0.1, -0.05) is 24.3 Å². The van der Waals surface area contributed by atoms with Gasteiger partial charge in [-0.3, -0.25) is 9.78 Å². The molecule has 98 valence electrons. The van der Waals surface area contributed by atoms with Gasteiger partial charge in [-0.25, -0.2) is 4.79 Å². The molecule has 0 aliphatic rings. The minimum absolute atomic E-state index is 0.323. The molecule has 1 aromatic carbocycles. The summed E-state index contributed by atoms with van der Waals surface area (Å²) in [4.78, 5) is 27.8. The van der Waals surface area contributed by atoms with Crippen LogP contribution in [0.3, 0.4) is 0 Å². The van der Waals surface area contributed by atoms with Gasteiger partial charge in [0.15, 0.2) is 6.04 Å². The van der Waals surface area contributed by atoms with Crippen LogP contribution >= 0.6 is 0 Å². The van der Waals surface area contributed by atoms with E-state index in [4.69, 9.17) is 0 Å². The number of hydrogen-bond acceptors (Lipinski definition) is 3. The predicted octanol–water partition coefficient (Wildman–Crippen LogP) is 1.84. The molecule has 0 saturated heterocycles. The van der Waals surface area contributed by atoms with Gasteiger partial charge in [0, 0.05) is 29.9 Å². The summed E-state index contributed by atoms with van der Waals surface area (Å²) in [7, 11) is 0. The number of amides is 1. The average Bonchev–Trinajstić information content (AvgIpc) is 2.44. The molecular formula is C14H14N2O3. The lowest BCUT2D eigenvalue weighted by atomic mass is 10.0. The highest BCUT2D eigenvalue weighted by Crippen LogP contribution is 2.26. The summed E-state index contributed by atoms with van der Waals surface area (Å²) in [6.07, 6.45) is 3.74. The fourth-order valence-electron chi connectivity index (χ4n) is 2.13. The van der Waals surface area contributed by atoms with E-state index in [1.165, 1.54) is 11.1 Å². The van der Waals surface area contributed by atoms with Crippen LogP contribution in [0.4, 0.5) is 0 Å². The van der Waals surface area contributed by atoms with Crippen LogP contribution in [0.2, 0.25) is 0 Å². The number of rotatable bonds is 5. The average molecular weight is 258 g/mol. The summed E-state index contributed by atoms with van der Waals surface area (Å²) >= 11 is 0. The number of carbonyl (C=O) groups is 2. The summed E-state index contributed by atoms with van der Waals surface area (Å²) in [5.41, 5.74) is 0.527. The zero-order valence-electron chi connectivity index (χ0n) is 10.5. The van der Waals surface area contributed by atoms with Gasteiger partial charge >= 0.3 is 5.97 Å². The zero-order valence-corrected chi connectivity index (χ0v) is 10.5. The largest absolute Gasteiger partial charge is 0.479 e. The third kappa shape index (κ3) is 2.40. The molecule has 0 aliphatic heterocycles. The lowest BCUT2D eigenvalue weighted by molar-refractivity contribution is -0.146. The van der Waals surface area contributed by atoms with Crippen molar-refractivity contribution in [3.8, 4) is 0 Å². The second kappa shape index (κ2) is 5.48. The summed E-state index contributed by atoms with van der Waals surface area (Å²) < 4.78 is 0. The highest BCUT2D eigenvalue weighted by molar-refractivity contribution is 5.90. The van der Waals surface area contributed by atoms with Crippen LogP contribution < -0.4 is 0 Å². The standard InChI is InChI=1S/C14H14N2O3/c1-2-16(9-17)13(14(18)19)12-8-15-7-10-5-3-4-6-11(10)12/h3-9,13H,2H2,1H3,(H,18,19). The van der Waals surface area contributed by atoms with Gasteiger partial charge in [0.05, 0.1) is 0 Å². The first-order chi connectivity index (χ1) is 9.19. The summed E-state index contributed by atoms with van der Waals surface area (Å²) in [5.74, 6) is -1.06. The molecule has 0 saturated carbocycles. The third-order valence-corrected chi connectivity index (χ3v) is 3.06. The smallest absolute Gasteiger partial charge is 0.331 e. The molecule has 1 atom stereocenters. The van der Waals surface area contributed by atoms with Gasteiger partial charge in [-0.05, 0) is 12.3 Å². The van der Waals surface area contributed by atoms with Crippen LogP contribution in [0, 0.1) is 0 Å². The van der Waals surface area contributed by atoms with Crippen molar-refractivity contribution >= 4 is 23.2 Å². The lowest BCUT2D eigenvalue weighted by Gasteiger charge is -2.24. The van der Waals surface area contributed by atoms with Crippen molar-refractivity contribution in [1.29, 1.82) is 0 Å². The Morgan fingerprint density at radius 1 is 1.42 bits per heavy atom. The highest BCUT2D eigenvalue weighted by Gasteiger charge is 2.27. The van der Waals surface area contributed by atoms with E-state index in [1.54, 1.807) is 13.1 Å². The van der Waals surface area contributed by atoms with Crippen molar-refractivity contribution in [2.45, 2.75) is 13.0 Å². The van der Waals surface area contributed by atoms with Crippen molar-refractivity contribution in [2.24, 2.45) is 0 Å². The number of likely N-dealkylation sites (N-methyl/N-ethyl adjacent to an activating group) is 1. The molecule has 2 rings (SSSR count). The Labute approximate surface area is 110 Å². The molecule has 0 fully saturated rings. The van der Waals surface area contributed by atoms with E-state index in [1.807, 2.05) is 24.3 Å². The van der Waals surface area contributed by atoms with Gasteiger partial charge in [-0.15, -0.1) is 0 Å². The molecule has 2 aromatic rings. The number of carboxylic acid groups (broad SMARTS) is 1. The maximum absolute atomic E-state index is 11.5. The Hall–Kier alpha value is -2.43. The second-order valence-electron chi connectivity index (χ2n) is 4.13. The molecule has 1 N–H and O–H groups in total. The number of fused-ring (bicyclic) bond motifs is 1. The number of benzene rings is 1.